The van der Waals surface area contributed by atoms with Gasteiger partial charge < -0.3 is 10.8 Å². The number of piperidine rings is 1. The van der Waals surface area contributed by atoms with Crippen LogP contribution in [0.3, 0.4) is 0 Å². The maximum Gasteiger partial charge on any atom is 0.323 e. The first-order chi connectivity index (χ1) is 9.84. The predicted octanol–water partition coefficient (Wildman–Crippen LogP) is 1.75. The summed E-state index contributed by atoms with van der Waals surface area (Å²) in [4.78, 5) is 24.3. The average Bonchev–Trinajstić information content (AvgIpc) is 2.43. The van der Waals surface area contributed by atoms with Gasteiger partial charge >= 0.3 is 5.97 Å². The number of primary amides is 1. The van der Waals surface area contributed by atoms with Crippen molar-refractivity contribution >= 4 is 11.9 Å². The number of halogens is 1. The van der Waals surface area contributed by atoms with Crippen molar-refractivity contribution in [2.75, 3.05) is 6.54 Å². The van der Waals surface area contributed by atoms with E-state index < -0.39 is 23.2 Å². The Morgan fingerprint density at radius 1 is 1.43 bits per heavy atom. The summed E-state index contributed by atoms with van der Waals surface area (Å²) < 4.78 is 14.0. The van der Waals surface area contributed by atoms with Crippen molar-refractivity contribution in [3.63, 3.8) is 0 Å². The van der Waals surface area contributed by atoms with Gasteiger partial charge in [-0.05, 0) is 44.9 Å². The molecule has 114 valence electrons. The highest BCUT2D eigenvalue weighted by Crippen LogP contribution is 2.30. The topological polar surface area (TPSA) is 83.6 Å². The molecule has 21 heavy (non-hydrogen) atoms. The van der Waals surface area contributed by atoms with Crippen LogP contribution < -0.4 is 5.73 Å². The lowest BCUT2D eigenvalue weighted by Gasteiger charge is -2.41. The summed E-state index contributed by atoms with van der Waals surface area (Å²) in [6.45, 7) is 2.48. The second kappa shape index (κ2) is 5.81. The van der Waals surface area contributed by atoms with Crippen molar-refractivity contribution in [2.24, 2.45) is 5.73 Å². The fourth-order valence-electron chi connectivity index (χ4n) is 2.71. The number of carbonyl (C=O) groups excluding carboxylic acids is 1. The highest BCUT2D eigenvalue weighted by Gasteiger charge is 2.41. The Morgan fingerprint density at radius 2 is 2.14 bits per heavy atom. The molecule has 1 unspecified atom stereocenters. The second-order valence-corrected chi connectivity index (χ2v) is 5.63. The number of nitrogens with zero attached hydrogens (tertiary/aromatic N) is 1. The van der Waals surface area contributed by atoms with E-state index in [9.17, 15) is 19.1 Å². The molecular weight excluding hydrogens is 275 g/mol. The maximum atomic E-state index is 14.0. The van der Waals surface area contributed by atoms with Crippen molar-refractivity contribution in [3.05, 3.63) is 35.1 Å². The maximum absolute atomic E-state index is 14.0. The molecule has 0 aliphatic carbocycles. The van der Waals surface area contributed by atoms with E-state index in [4.69, 9.17) is 5.73 Å². The second-order valence-electron chi connectivity index (χ2n) is 5.63. The Kier molecular flexibility index (Phi) is 4.27. The summed E-state index contributed by atoms with van der Waals surface area (Å²) in [5.74, 6) is -2.12. The normalized spacial score (nSPS) is 23.0. The highest BCUT2D eigenvalue weighted by atomic mass is 19.1. The zero-order valence-electron chi connectivity index (χ0n) is 11.9. The molecule has 2 rings (SSSR count). The number of carboxylic acid groups (broad SMARTS) is 1. The Hall–Kier alpha value is -1.95. The molecule has 0 spiro atoms. The zero-order valence-corrected chi connectivity index (χ0v) is 11.9. The summed E-state index contributed by atoms with van der Waals surface area (Å²) in [5, 5.41) is 9.44. The minimum absolute atomic E-state index is 0.107. The van der Waals surface area contributed by atoms with Crippen LogP contribution in [0.5, 0.6) is 0 Å². The monoisotopic (exact) mass is 294 g/mol. The largest absolute Gasteiger partial charge is 0.480 e. The number of carboxylic acids is 1. The first-order valence-electron chi connectivity index (χ1n) is 6.91. The van der Waals surface area contributed by atoms with E-state index in [2.05, 4.69) is 0 Å². The fourth-order valence-corrected chi connectivity index (χ4v) is 2.71. The molecule has 1 aliphatic rings. The summed E-state index contributed by atoms with van der Waals surface area (Å²) in [6, 6.07) is 4.05. The van der Waals surface area contributed by atoms with E-state index >= 15 is 0 Å². The Balaban J connectivity index is 2.24. The molecule has 1 aliphatic heterocycles. The van der Waals surface area contributed by atoms with E-state index in [0.717, 1.165) is 18.9 Å². The van der Waals surface area contributed by atoms with Gasteiger partial charge in [-0.1, -0.05) is 6.07 Å². The van der Waals surface area contributed by atoms with Gasteiger partial charge in [-0.15, -0.1) is 0 Å². The lowest BCUT2D eigenvalue weighted by atomic mass is 9.88. The van der Waals surface area contributed by atoms with Crippen LogP contribution in [0.4, 0.5) is 4.39 Å². The van der Waals surface area contributed by atoms with Crippen LogP contribution in [0.25, 0.3) is 0 Å². The molecule has 1 aromatic carbocycles. The van der Waals surface area contributed by atoms with E-state index in [1.54, 1.807) is 11.8 Å². The number of aliphatic carboxylic acids is 1. The third kappa shape index (κ3) is 3.05. The van der Waals surface area contributed by atoms with Crippen LogP contribution >= 0.6 is 0 Å². The molecule has 1 aromatic rings. The number of likely N-dealkylation sites (tertiary alicyclic amines) is 1. The third-order valence-corrected chi connectivity index (χ3v) is 4.20. The number of nitrogens with two attached hydrogens (primary N) is 1. The van der Waals surface area contributed by atoms with Crippen molar-refractivity contribution in [1.82, 2.24) is 4.90 Å². The van der Waals surface area contributed by atoms with Gasteiger partial charge in [0.2, 0.25) is 5.91 Å². The Bertz CT molecular complexity index is 576. The van der Waals surface area contributed by atoms with Crippen molar-refractivity contribution in [3.8, 4) is 0 Å². The van der Waals surface area contributed by atoms with Crippen LogP contribution in [-0.2, 0) is 11.3 Å². The predicted molar refractivity (Wildman–Crippen MR) is 75.2 cm³/mol. The first-order valence-corrected chi connectivity index (χ1v) is 6.91. The molecule has 1 amide bonds. The average molecular weight is 294 g/mol. The minimum atomic E-state index is -0.979. The number of carbonyl (C=O) groups is 2. The van der Waals surface area contributed by atoms with Crippen molar-refractivity contribution < 1.29 is 19.1 Å². The van der Waals surface area contributed by atoms with Gasteiger partial charge in [0.15, 0.2) is 0 Å². The molecule has 3 N–H and O–H groups in total. The van der Waals surface area contributed by atoms with E-state index in [0.29, 0.717) is 18.5 Å². The van der Waals surface area contributed by atoms with Crippen LogP contribution in [0.2, 0.25) is 0 Å². The van der Waals surface area contributed by atoms with Crippen LogP contribution in [-0.4, -0.2) is 34.0 Å². The first kappa shape index (κ1) is 15.4. The van der Waals surface area contributed by atoms with E-state index in [-0.39, 0.29) is 12.1 Å². The molecule has 1 heterocycles. The van der Waals surface area contributed by atoms with E-state index in [1.807, 2.05) is 0 Å². The molecule has 1 saturated heterocycles. The van der Waals surface area contributed by atoms with Gasteiger partial charge in [0, 0.05) is 17.7 Å². The van der Waals surface area contributed by atoms with Crippen LogP contribution in [0, 0.1) is 5.82 Å². The number of hydrogen-bond donors (Lipinski definition) is 2. The van der Waals surface area contributed by atoms with Gasteiger partial charge in [-0.25, -0.2) is 4.39 Å². The summed E-state index contributed by atoms with van der Waals surface area (Å²) in [7, 11) is 0. The van der Waals surface area contributed by atoms with Gasteiger partial charge in [-0.2, -0.15) is 0 Å². The number of benzene rings is 1. The van der Waals surface area contributed by atoms with Crippen molar-refractivity contribution in [1.29, 1.82) is 0 Å². The molecule has 5 nitrogen and oxygen atoms in total. The SMILES string of the molecule is CC1(C(=O)O)CCCCN1Cc1ccc(C(N)=O)cc1F. The standard InChI is InChI=1S/C15H19FN2O3/c1-15(14(20)21)6-2-3-7-18(15)9-11-5-4-10(13(17)19)8-12(11)16/h4-5,8H,2-3,6-7,9H2,1H3,(H2,17,19)(H,20,21). The fraction of sp³-hybridized carbons (Fsp3) is 0.467. The molecule has 0 radical (unpaired) electrons. The molecule has 0 bridgehead atoms. The quantitative estimate of drug-likeness (QED) is 0.886. The molecule has 6 heteroatoms. The number of hydrogen-bond acceptors (Lipinski definition) is 3. The molecular formula is C15H19FN2O3. The minimum Gasteiger partial charge on any atom is -0.480 e. The molecule has 1 fully saturated rings. The smallest absolute Gasteiger partial charge is 0.323 e. The summed E-state index contributed by atoms with van der Waals surface area (Å²) in [5.41, 5.74) is 4.60. The van der Waals surface area contributed by atoms with Gasteiger partial charge in [0.25, 0.3) is 0 Å². The Morgan fingerprint density at radius 3 is 2.71 bits per heavy atom. The number of rotatable bonds is 4. The highest BCUT2D eigenvalue weighted by molar-refractivity contribution is 5.92. The summed E-state index contributed by atoms with van der Waals surface area (Å²) in [6.07, 6.45) is 2.29. The summed E-state index contributed by atoms with van der Waals surface area (Å²) >= 11 is 0. The van der Waals surface area contributed by atoms with Gasteiger partial charge in [-0.3, -0.25) is 14.5 Å². The van der Waals surface area contributed by atoms with Gasteiger partial charge in [0.05, 0.1) is 0 Å². The molecule has 0 aromatic heterocycles. The van der Waals surface area contributed by atoms with E-state index in [1.165, 1.54) is 12.1 Å². The lowest BCUT2D eigenvalue weighted by molar-refractivity contribution is -0.153. The van der Waals surface area contributed by atoms with Crippen molar-refractivity contribution in [2.45, 2.75) is 38.3 Å². The molecule has 0 saturated carbocycles. The van der Waals surface area contributed by atoms with Crippen LogP contribution in [0.1, 0.15) is 42.1 Å². The Labute approximate surface area is 122 Å². The van der Waals surface area contributed by atoms with Crippen LogP contribution in [0.15, 0.2) is 18.2 Å². The molecule has 1 atom stereocenters. The van der Waals surface area contributed by atoms with Gasteiger partial charge in [0.1, 0.15) is 11.4 Å². The third-order valence-electron chi connectivity index (χ3n) is 4.20. The zero-order chi connectivity index (χ0) is 15.6. The number of amides is 1. The lowest BCUT2D eigenvalue weighted by Crippen LogP contribution is -2.54.